The third-order valence-electron chi connectivity index (χ3n) is 2.23. The van der Waals surface area contributed by atoms with Crippen LogP contribution in [0, 0.1) is 0 Å². The van der Waals surface area contributed by atoms with E-state index in [1.807, 2.05) is 0 Å². The van der Waals surface area contributed by atoms with Gasteiger partial charge in [-0.2, -0.15) is 8.78 Å². The molecule has 2 rings (SSSR count). The molecule has 1 aliphatic heterocycles. The fraction of sp³-hybridized carbons (Fsp3) is 0.300. The number of ether oxygens (including phenoxy) is 2. The highest BCUT2D eigenvalue weighted by Gasteiger charge is 2.39. The predicted molar refractivity (Wildman–Crippen MR) is 53.9 cm³/mol. The van der Waals surface area contributed by atoms with Gasteiger partial charge in [0.25, 0.3) is 0 Å². The number of hydrogen-bond acceptors (Lipinski definition) is 3. The van der Waals surface area contributed by atoms with Crippen LogP contribution < -0.4 is 9.47 Å². The molecule has 1 aliphatic rings. The van der Waals surface area contributed by atoms with Crippen LogP contribution in [-0.2, 0) is 11.2 Å². The molecule has 0 spiro atoms. The van der Waals surface area contributed by atoms with Crippen LogP contribution in [0.2, 0.25) is 5.02 Å². The molecule has 1 N–H and O–H groups in total. The van der Waals surface area contributed by atoms with E-state index in [0.717, 1.165) is 0 Å². The monoisotopic (exact) mass is 264 g/mol. The second-order valence-electron chi connectivity index (χ2n) is 3.50. The van der Waals surface area contributed by atoms with Crippen molar-refractivity contribution in [2.24, 2.45) is 0 Å². The van der Waals surface area contributed by atoms with Gasteiger partial charge < -0.3 is 14.6 Å². The largest absolute Gasteiger partial charge is 0.477 e. The minimum Gasteiger partial charge on any atom is -0.477 e. The van der Waals surface area contributed by atoms with Gasteiger partial charge in [0.05, 0.1) is 5.02 Å². The van der Waals surface area contributed by atoms with Gasteiger partial charge in [-0.05, 0) is 17.7 Å². The maximum Gasteiger partial charge on any atom is 0.374 e. The molecule has 1 heterocycles. The van der Waals surface area contributed by atoms with Crippen LogP contribution in [0.1, 0.15) is 5.56 Å². The molecule has 92 valence electrons. The average Bonchev–Trinajstić information content (AvgIpc) is 2.64. The van der Waals surface area contributed by atoms with Crippen LogP contribution in [0.3, 0.4) is 0 Å². The number of carboxylic acids is 1. The molecule has 0 saturated carbocycles. The fourth-order valence-electron chi connectivity index (χ4n) is 1.45. The summed E-state index contributed by atoms with van der Waals surface area (Å²) in [7, 11) is 0. The van der Waals surface area contributed by atoms with E-state index >= 15 is 0 Å². The highest BCUT2D eigenvalue weighted by molar-refractivity contribution is 6.32. The minimum absolute atomic E-state index is 0.0339. The van der Waals surface area contributed by atoms with Crippen molar-refractivity contribution in [2.45, 2.75) is 12.3 Å². The third-order valence-corrected chi connectivity index (χ3v) is 2.51. The Morgan fingerprint density at radius 3 is 2.82 bits per heavy atom. The number of fused-ring (bicyclic) bond motifs is 1. The summed E-state index contributed by atoms with van der Waals surface area (Å²) < 4.78 is 36.0. The molecule has 0 amide bonds. The normalized spacial score (nSPS) is 13.8. The van der Waals surface area contributed by atoms with Gasteiger partial charge in [-0.3, -0.25) is 0 Å². The van der Waals surface area contributed by atoms with Crippen LogP contribution >= 0.6 is 11.6 Å². The van der Waals surface area contributed by atoms with E-state index in [4.69, 9.17) is 26.2 Å². The second-order valence-corrected chi connectivity index (χ2v) is 3.91. The molecule has 0 saturated heterocycles. The van der Waals surface area contributed by atoms with E-state index in [9.17, 15) is 13.6 Å². The van der Waals surface area contributed by atoms with Crippen molar-refractivity contribution in [3.05, 3.63) is 22.7 Å². The van der Waals surface area contributed by atoms with E-state index < -0.39 is 18.3 Å². The zero-order valence-electron chi connectivity index (χ0n) is 8.37. The molecule has 17 heavy (non-hydrogen) atoms. The van der Waals surface area contributed by atoms with Gasteiger partial charge in [0.15, 0.2) is 11.5 Å². The number of benzene rings is 1. The summed E-state index contributed by atoms with van der Waals surface area (Å²) in [4.78, 5) is 10.3. The van der Waals surface area contributed by atoms with E-state index in [-0.39, 0.29) is 28.9 Å². The summed E-state index contributed by atoms with van der Waals surface area (Å²) in [6.07, 6.45) is -0.946. The van der Waals surface area contributed by atoms with Gasteiger partial charge in [-0.1, -0.05) is 11.6 Å². The topological polar surface area (TPSA) is 55.8 Å². The van der Waals surface area contributed by atoms with Gasteiger partial charge in [0, 0.05) is 6.42 Å². The zero-order valence-corrected chi connectivity index (χ0v) is 9.13. The van der Waals surface area contributed by atoms with E-state index in [1.165, 1.54) is 12.1 Å². The lowest BCUT2D eigenvalue weighted by atomic mass is 10.1. The Labute approximate surface area is 99.7 Å². The van der Waals surface area contributed by atoms with Gasteiger partial charge in [-0.25, -0.2) is 4.79 Å². The molecular formula is C10H7ClF2O4. The van der Waals surface area contributed by atoms with Crippen LogP contribution in [0.5, 0.6) is 11.5 Å². The lowest BCUT2D eigenvalue weighted by Gasteiger charge is -2.11. The van der Waals surface area contributed by atoms with Gasteiger partial charge in [-0.15, -0.1) is 0 Å². The third kappa shape index (κ3) is 2.26. The first-order valence-corrected chi connectivity index (χ1v) is 4.97. The van der Waals surface area contributed by atoms with Crippen LogP contribution in [-0.4, -0.2) is 23.8 Å². The Morgan fingerprint density at radius 2 is 2.18 bits per heavy atom. The first kappa shape index (κ1) is 11.9. The number of rotatable bonds is 3. The molecule has 1 aromatic carbocycles. The number of carbonyl (C=O) groups is 1. The Morgan fingerprint density at radius 1 is 1.47 bits per heavy atom. The second kappa shape index (κ2) is 4.03. The van der Waals surface area contributed by atoms with Crippen LogP contribution in [0.4, 0.5) is 8.78 Å². The molecular weight excluding hydrogens is 258 g/mol. The smallest absolute Gasteiger partial charge is 0.374 e. The van der Waals surface area contributed by atoms with Crippen LogP contribution in [0.15, 0.2) is 12.1 Å². The SMILES string of the molecule is O=C(O)C(F)(F)Cc1cc(Cl)c2c(c1)OCO2. The molecule has 0 aliphatic carbocycles. The summed E-state index contributed by atoms with van der Waals surface area (Å²) >= 11 is 5.79. The molecule has 0 radical (unpaired) electrons. The highest BCUT2D eigenvalue weighted by Crippen LogP contribution is 2.40. The lowest BCUT2D eigenvalue weighted by Crippen LogP contribution is -2.30. The van der Waals surface area contributed by atoms with Crippen molar-refractivity contribution in [2.75, 3.05) is 6.79 Å². The fourth-order valence-corrected chi connectivity index (χ4v) is 1.74. The summed E-state index contributed by atoms with van der Waals surface area (Å²) in [5.74, 6) is -5.48. The Kier molecular flexibility index (Phi) is 2.82. The van der Waals surface area contributed by atoms with E-state index in [0.29, 0.717) is 0 Å². The minimum atomic E-state index is -3.84. The molecule has 0 aromatic heterocycles. The first-order valence-electron chi connectivity index (χ1n) is 4.59. The molecule has 0 bridgehead atoms. The molecule has 1 aromatic rings. The lowest BCUT2D eigenvalue weighted by molar-refractivity contribution is -0.164. The van der Waals surface area contributed by atoms with Gasteiger partial charge in [0.1, 0.15) is 0 Å². The van der Waals surface area contributed by atoms with Crippen molar-refractivity contribution in [1.29, 1.82) is 0 Å². The zero-order chi connectivity index (χ0) is 12.6. The summed E-state index contributed by atoms with van der Waals surface area (Å²) in [6.45, 7) is -0.0339. The predicted octanol–water partition coefficient (Wildman–Crippen LogP) is 2.33. The highest BCUT2D eigenvalue weighted by atomic mass is 35.5. The Balaban J connectivity index is 2.29. The Bertz CT molecular complexity index is 476. The average molecular weight is 265 g/mol. The van der Waals surface area contributed by atoms with Crippen molar-refractivity contribution < 1.29 is 28.2 Å². The number of alkyl halides is 2. The summed E-state index contributed by atoms with van der Waals surface area (Å²) in [6, 6.07) is 2.54. The summed E-state index contributed by atoms with van der Waals surface area (Å²) in [5.41, 5.74) is 0.0756. The molecule has 0 atom stereocenters. The maximum atomic E-state index is 13.0. The van der Waals surface area contributed by atoms with E-state index in [1.54, 1.807) is 0 Å². The summed E-state index contributed by atoms with van der Waals surface area (Å²) in [5, 5.41) is 8.45. The maximum absolute atomic E-state index is 13.0. The Hall–Kier alpha value is -1.56. The van der Waals surface area contributed by atoms with Crippen molar-refractivity contribution in [3.63, 3.8) is 0 Å². The van der Waals surface area contributed by atoms with Crippen molar-refractivity contribution >= 4 is 17.6 Å². The van der Waals surface area contributed by atoms with Gasteiger partial charge >= 0.3 is 11.9 Å². The standard InChI is InChI=1S/C10H7ClF2O4/c11-6-1-5(3-10(12,13)9(14)15)2-7-8(6)17-4-16-7/h1-2H,3-4H2,(H,14,15). The van der Waals surface area contributed by atoms with Crippen LogP contribution in [0.25, 0.3) is 0 Å². The number of carboxylic acid groups (broad SMARTS) is 1. The van der Waals surface area contributed by atoms with Crippen molar-refractivity contribution in [1.82, 2.24) is 0 Å². The number of hydrogen-bond donors (Lipinski definition) is 1. The number of halogens is 3. The molecule has 4 nitrogen and oxygen atoms in total. The van der Waals surface area contributed by atoms with Crippen molar-refractivity contribution in [3.8, 4) is 11.5 Å². The van der Waals surface area contributed by atoms with Gasteiger partial charge in [0.2, 0.25) is 6.79 Å². The molecule has 0 fully saturated rings. The number of aliphatic carboxylic acids is 1. The van der Waals surface area contributed by atoms with E-state index in [2.05, 4.69) is 0 Å². The molecule has 0 unspecified atom stereocenters. The first-order chi connectivity index (χ1) is 7.90. The molecule has 7 heteroatoms. The quantitative estimate of drug-likeness (QED) is 0.910.